The minimum Gasteiger partial charge on any atom is -0.320 e. The molecule has 0 spiro atoms. The van der Waals surface area contributed by atoms with E-state index >= 15 is 0 Å². The van der Waals surface area contributed by atoms with Gasteiger partial charge in [0.1, 0.15) is 0 Å². The summed E-state index contributed by atoms with van der Waals surface area (Å²) in [5.74, 6) is 1.33. The second-order valence-electron chi connectivity index (χ2n) is 5.73. The molecule has 0 aromatic heterocycles. The molecule has 3 aliphatic rings. The zero-order chi connectivity index (χ0) is 12.5. The third-order valence-electron chi connectivity index (χ3n) is 4.67. The van der Waals surface area contributed by atoms with E-state index in [1.807, 2.05) is 4.90 Å². The number of hydroxylamine groups is 2. The Morgan fingerprint density at radius 3 is 2.94 bits per heavy atom. The summed E-state index contributed by atoms with van der Waals surface area (Å²) in [4.78, 5) is 19.8. The molecule has 2 amide bonds. The number of nitrogens with zero attached hydrogens (tertiary/aromatic N) is 2. The summed E-state index contributed by atoms with van der Waals surface area (Å²) in [7, 11) is 0. The Hall–Kier alpha value is -1.03. The van der Waals surface area contributed by atoms with E-state index in [2.05, 4.69) is 6.58 Å². The molecule has 18 heavy (non-hydrogen) atoms. The maximum absolute atomic E-state index is 12.2. The first-order valence-corrected chi connectivity index (χ1v) is 7.13. The van der Waals surface area contributed by atoms with Gasteiger partial charge in [0.15, 0.2) is 0 Å². The lowest BCUT2D eigenvalue weighted by atomic mass is 9.80. The van der Waals surface area contributed by atoms with Crippen LogP contribution in [0.3, 0.4) is 0 Å². The Balaban J connectivity index is 1.78. The van der Waals surface area contributed by atoms with Crippen molar-refractivity contribution in [3.8, 4) is 0 Å². The van der Waals surface area contributed by atoms with Crippen LogP contribution in [-0.4, -0.2) is 41.7 Å². The molecule has 0 aromatic rings. The van der Waals surface area contributed by atoms with Crippen molar-refractivity contribution in [2.75, 3.05) is 19.7 Å². The monoisotopic (exact) mass is 250 g/mol. The van der Waals surface area contributed by atoms with Crippen LogP contribution in [-0.2, 0) is 4.84 Å². The molecule has 1 saturated carbocycles. The second-order valence-corrected chi connectivity index (χ2v) is 5.73. The predicted molar refractivity (Wildman–Crippen MR) is 68.8 cm³/mol. The quantitative estimate of drug-likeness (QED) is 0.721. The summed E-state index contributed by atoms with van der Waals surface area (Å²) in [5, 5.41) is 1.64. The van der Waals surface area contributed by atoms with E-state index in [0.717, 1.165) is 13.1 Å². The smallest absolute Gasteiger partial charge is 0.320 e. The van der Waals surface area contributed by atoms with Gasteiger partial charge in [-0.1, -0.05) is 25.3 Å². The molecule has 3 fully saturated rings. The summed E-state index contributed by atoms with van der Waals surface area (Å²) in [6.45, 7) is 5.87. The van der Waals surface area contributed by atoms with E-state index in [-0.39, 0.29) is 12.1 Å². The molecule has 2 bridgehead atoms. The molecular formula is C14H22N2O2. The fraction of sp³-hybridized carbons (Fsp3) is 0.786. The Bertz CT molecular complexity index is 345. The Kier molecular flexibility index (Phi) is 3.29. The highest BCUT2D eigenvalue weighted by Crippen LogP contribution is 2.41. The van der Waals surface area contributed by atoms with Gasteiger partial charge in [-0.15, -0.1) is 6.58 Å². The van der Waals surface area contributed by atoms with Gasteiger partial charge < -0.3 is 4.90 Å². The molecule has 4 heteroatoms. The molecule has 2 saturated heterocycles. The molecule has 3 rings (SSSR count). The van der Waals surface area contributed by atoms with E-state index in [0.29, 0.717) is 18.4 Å². The standard InChI is InChI=1S/C14H22N2O2/c1-2-8-18-16-13-10-15(14(16)17)9-11-6-4-3-5-7-12(11)13/h2,11-13H,1,3-10H2/t11?,12?,13-/m0/s1. The van der Waals surface area contributed by atoms with E-state index in [9.17, 15) is 4.79 Å². The molecule has 3 atom stereocenters. The van der Waals surface area contributed by atoms with Crippen LogP contribution in [0.5, 0.6) is 0 Å². The summed E-state index contributed by atoms with van der Waals surface area (Å²) in [6, 6.07) is 0.337. The number of fused-ring (bicyclic) bond motifs is 4. The van der Waals surface area contributed by atoms with Gasteiger partial charge in [-0.3, -0.25) is 4.84 Å². The van der Waals surface area contributed by atoms with Crippen LogP contribution in [0, 0.1) is 11.8 Å². The van der Waals surface area contributed by atoms with Crippen molar-refractivity contribution in [2.24, 2.45) is 11.8 Å². The lowest BCUT2D eigenvalue weighted by Crippen LogP contribution is -2.44. The van der Waals surface area contributed by atoms with E-state index in [4.69, 9.17) is 4.84 Å². The SMILES string of the molecule is C=CCON1C(=O)N2CC3CCCCCC3[C@@H]1C2. The zero-order valence-electron chi connectivity index (χ0n) is 10.9. The van der Waals surface area contributed by atoms with Crippen LogP contribution < -0.4 is 0 Å². The summed E-state index contributed by atoms with van der Waals surface area (Å²) < 4.78 is 0. The number of carbonyl (C=O) groups excluding carboxylic acids is 1. The lowest BCUT2D eigenvalue weighted by molar-refractivity contribution is -0.132. The van der Waals surface area contributed by atoms with Crippen LogP contribution in [0.4, 0.5) is 4.79 Å². The minimum atomic E-state index is 0.0647. The largest absolute Gasteiger partial charge is 0.344 e. The minimum absolute atomic E-state index is 0.0647. The van der Waals surface area contributed by atoms with Gasteiger partial charge in [-0.2, -0.15) is 5.06 Å². The van der Waals surface area contributed by atoms with Gasteiger partial charge >= 0.3 is 6.03 Å². The van der Waals surface area contributed by atoms with Crippen LogP contribution in [0.15, 0.2) is 12.7 Å². The number of carbonyl (C=O) groups is 1. The highest BCUT2D eigenvalue weighted by atomic mass is 16.7. The molecule has 1 aliphatic carbocycles. The first-order chi connectivity index (χ1) is 8.81. The van der Waals surface area contributed by atoms with Gasteiger partial charge in [0.05, 0.1) is 12.6 Å². The maximum atomic E-state index is 12.2. The fourth-order valence-electron chi connectivity index (χ4n) is 3.83. The van der Waals surface area contributed by atoms with Gasteiger partial charge in [0.2, 0.25) is 0 Å². The van der Waals surface area contributed by atoms with Crippen molar-refractivity contribution < 1.29 is 9.63 Å². The number of hydrogen-bond donors (Lipinski definition) is 0. The Morgan fingerprint density at radius 1 is 1.28 bits per heavy atom. The lowest BCUT2D eigenvalue weighted by Gasteiger charge is -2.36. The number of amides is 2. The maximum Gasteiger partial charge on any atom is 0.344 e. The molecule has 100 valence electrons. The first kappa shape index (κ1) is 12.0. The van der Waals surface area contributed by atoms with Crippen LogP contribution in [0.1, 0.15) is 32.1 Å². The summed E-state index contributed by atoms with van der Waals surface area (Å²) in [6.07, 6.45) is 8.21. The third-order valence-corrected chi connectivity index (χ3v) is 4.67. The van der Waals surface area contributed by atoms with Crippen LogP contribution in [0.2, 0.25) is 0 Å². The first-order valence-electron chi connectivity index (χ1n) is 7.13. The van der Waals surface area contributed by atoms with Gasteiger partial charge in [-0.05, 0) is 24.7 Å². The van der Waals surface area contributed by atoms with E-state index in [1.165, 1.54) is 32.1 Å². The molecule has 2 unspecified atom stereocenters. The van der Waals surface area contributed by atoms with Crippen molar-refractivity contribution in [1.82, 2.24) is 9.96 Å². The summed E-state index contributed by atoms with van der Waals surface area (Å²) in [5.41, 5.74) is 0. The number of rotatable bonds is 3. The average molecular weight is 250 g/mol. The normalized spacial score (nSPS) is 35.3. The van der Waals surface area contributed by atoms with Crippen molar-refractivity contribution in [3.63, 3.8) is 0 Å². The van der Waals surface area contributed by atoms with Gasteiger partial charge in [0.25, 0.3) is 0 Å². The van der Waals surface area contributed by atoms with Crippen molar-refractivity contribution in [1.29, 1.82) is 0 Å². The molecule has 4 nitrogen and oxygen atoms in total. The zero-order valence-corrected chi connectivity index (χ0v) is 10.9. The third kappa shape index (κ3) is 1.92. The van der Waals surface area contributed by atoms with Crippen molar-refractivity contribution in [2.45, 2.75) is 38.1 Å². The molecule has 0 radical (unpaired) electrons. The van der Waals surface area contributed by atoms with Gasteiger partial charge in [0, 0.05) is 13.1 Å². The number of piperidine rings is 1. The molecule has 0 N–H and O–H groups in total. The average Bonchev–Trinajstić information content (AvgIpc) is 2.58. The topological polar surface area (TPSA) is 32.8 Å². The second kappa shape index (κ2) is 4.92. The molecule has 2 aliphatic heterocycles. The van der Waals surface area contributed by atoms with E-state index < -0.39 is 0 Å². The van der Waals surface area contributed by atoms with Crippen LogP contribution >= 0.6 is 0 Å². The fourth-order valence-corrected chi connectivity index (χ4v) is 3.83. The van der Waals surface area contributed by atoms with Crippen LogP contribution in [0.25, 0.3) is 0 Å². The highest BCUT2D eigenvalue weighted by Gasteiger charge is 2.50. The predicted octanol–water partition coefficient (Wildman–Crippen LogP) is 2.42. The Labute approximate surface area is 109 Å². The number of hydrogen-bond acceptors (Lipinski definition) is 2. The van der Waals surface area contributed by atoms with E-state index in [1.54, 1.807) is 11.1 Å². The molecule has 2 heterocycles. The van der Waals surface area contributed by atoms with Crippen molar-refractivity contribution in [3.05, 3.63) is 12.7 Å². The molecule has 0 aromatic carbocycles. The Morgan fingerprint density at radius 2 is 2.11 bits per heavy atom. The summed E-state index contributed by atoms with van der Waals surface area (Å²) >= 11 is 0. The highest BCUT2D eigenvalue weighted by molar-refractivity contribution is 5.76. The number of urea groups is 1. The van der Waals surface area contributed by atoms with Gasteiger partial charge in [-0.25, -0.2) is 4.79 Å². The molecular weight excluding hydrogens is 228 g/mol. The van der Waals surface area contributed by atoms with Crippen molar-refractivity contribution >= 4 is 6.03 Å².